The summed E-state index contributed by atoms with van der Waals surface area (Å²) in [5.41, 5.74) is -1.32. The van der Waals surface area contributed by atoms with Crippen molar-refractivity contribution >= 4 is 37.4 Å². The summed E-state index contributed by atoms with van der Waals surface area (Å²) in [5.74, 6) is -0.364. The van der Waals surface area contributed by atoms with Crippen molar-refractivity contribution in [1.82, 2.24) is 9.62 Å². The molecule has 1 aliphatic heterocycles. The zero-order valence-electron chi connectivity index (χ0n) is 20.1. The van der Waals surface area contributed by atoms with Gasteiger partial charge in [-0.15, -0.1) is 0 Å². The predicted octanol–water partition coefficient (Wildman–Crippen LogP) is 3.57. The number of ether oxygens (including phenoxy) is 1. The molecule has 2 aromatic carbocycles. The normalized spacial score (nSPS) is 17.6. The van der Waals surface area contributed by atoms with E-state index in [1.54, 1.807) is 30.3 Å². The number of sulfonamides is 1. The molecule has 1 fully saturated rings. The average Bonchev–Trinajstić information content (AvgIpc) is 2.82. The number of amides is 1. The number of hydrogen-bond donors (Lipinski definition) is 1. The molecule has 0 bridgehead atoms. The van der Waals surface area contributed by atoms with Crippen LogP contribution in [0.4, 0.5) is 4.39 Å². The van der Waals surface area contributed by atoms with E-state index >= 15 is 4.39 Å². The summed E-state index contributed by atoms with van der Waals surface area (Å²) in [7, 11) is -5.93. The molecule has 1 heterocycles. The molecule has 1 atom stereocenters. The van der Waals surface area contributed by atoms with Crippen molar-refractivity contribution in [3.8, 4) is 16.9 Å². The minimum atomic E-state index is -4.04. The lowest BCUT2D eigenvalue weighted by atomic mass is 9.93. The SMILES string of the molecule is COc1cccc(-c2cc(Cl)ccc2S(=O)(=O)N2CCC(F)(C(=O)NC(C)C=CS(C)(=O)=O)CC2)c1. The Morgan fingerprint density at radius 3 is 2.44 bits per heavy atom. The summed E-state index contributed by atoms with van der Waals surface area (Å²) in [6.45, 7) is 1.10. The van der Waals surface area contributed by atoms with Crippen molar-refractivity contribution < 1.29 is 30.8 Å². The lowest BCUT2D eigenvalue weighted by Gasteiger charge is -2.35. The van der Waals surface area contributed by atoms with Crippen molar-refractivity contribution in [2.75, 3.05) is 26.5 Å². The van der Waals surface area contributed by atoms with Crippen LogP contribution in [0.3, 0.4) is 0 Å². The summed E-state index contributed by atoms with van der Waals surface area (Å²) in [4.78, 5) is 12.6. The van der Waals surface area contributed by atoms with Crippen molar-refractivity contribution in [2.45, 2.75) is 36.4 Å². The molecular weight excluding hydrogens is 531 g/mol. The van der Waals surface area contributed by atoms with E-state index in [9.17, 15) is 21.6 Å². The number of methoxy groups -OCH3 is 1. The molecule has 0 spiro atoms. The fourth-order valence-corrected chi connectivity index (χ4v) is 6.16. The highest BCUT2D eigenvalue weighted by Gasteiger charge is 2.44. The molecule has 3 rings (SSSR count). The molecule has 12 heteroatoms. The predicted molar refractivity (Wildman–Crippen MR) is 137 cm³/mol. The van der Waals surface area contributed by atoms with Gasteiger partial charge in [0.05, 0.1) is 12.0 Å². The number of sulfone groups is 1. The number of hydrogen-bond acceptors (Lipinski definition) is 6. The number of benzene rings is 2. The zero-order chi connectivity index (χ0) is 26.7. The zero-order valence-corrected chi connectivity index (χ0v) is 22.5. The highest BCUT2D eigenvalue weighted by atomic mass is 35.5. The quantitative estimate of drug-likeness (QED) is 0.530. The molecule has 8 nitrogen and oxygen atoms in total. The Morgan fingerprint density at radius 1 is 1.17 bits per heavy atom. The maximum atomic E-state index is 15.4. The van der Waals surface area contributed by atoms with Crippen molar-refractivity contribution in [3.63, 3.8) is 0 Å². The van der Waals surface area contributed by atoms with Crippen LogP contribution in [0, 0.1) is 0 Å². The van der Waals surface area contributed by atoms with Crippen LogP contribution in [-0.4, -0.2) is 65.2 Å². The van der Waals surface area contributed by atoms with Gasteiger partial charge < -0.3 is 10.1 Å². The van der Waals surface area contributed by atoms with E-state index in [0.29, 0.717) is 21.9 Å². The maximum absolute atomic E-state index is 15.4. The van der Waals surface area contributed by atoms with E-state index in [1.165, 1.54) is 32.2 Å². The van der Waals surface area contributed by atoms with Crippen LogP contribution in [0.1, 0.15) is 19.8 Å². The van der Waals surface area contributed by atoms with Gasteiger partial charge in [-0.05, 0) is 42.8 Å². The molecule has 1 amide bonds. The van der Waals surface area contributed by atoms with Gasteiger partial charge in [0.15, 0.2) is 15.5 Å². The largest absolute Gasteiger partial charge is 0.497 e. The molecule has 1 aliphatic rings. The number of nitrogens with zero attached hydrogens (tertiary/aromatic N) is 1. The monoisotopic (exact) mass is 558 g/mol. The van der Waals surface area contributed by atoms with Crippen LogP contribution in [0.2, 0.25) is 5.02 Å². The molecule has 0 aromatic heterocycles. The summed E-state index contributed by atoms with van der Waals surface area (Å²) >= 11 is 6.17. The third-order valence-electron chi connectivity index (χ3n) is 5.84. The van der Waals surface area contributed by atoms with Crippen molar-refractivity contribution in [3.05, 3.63) is 59.0 Å². The van der Waals surface area contributed by atoms with Gasteiger partial charge in [-0.25, -0.2) is 21.2 Å². The molecule has 1 N–H and O–H groups in total. The lowest BCUT2D eigenvalue weighted by Crippen LogP contribution is -2.53. The first-order valence-electron chi connectivity index (χ1n) is 11.1. The molecule has 0 saturated carbocycles. The van der Waals surface area contributed by atoms with Gasteiger partial charge in [0, 0.05) is 54.2 Å². The number of alkyl halides is 1. The topological polar surface area (TPSA) is 110 Å². The fraction of sp³-hybridized carbons (Fsp3) is 0.375. The highest BCUT2D eigenvalue weighted by molar-refractivity contribution is 7.93. The van der Waals surface area contributed by atoms with Gasteiger partial charge in [-0.3, -0.25) is 4.79 Å². The Kier molecular flexibility index (Phi) is 8.49. The van der Waals surface area contributed by atoms with Gasteiger partial charge in [0.1, 0.15) is 5.75 Å². The van der Waals surface area contributed by atoms with Gasteiger partial charge in [0.2, 0.25) is 10.0 Å². The van der Waals surface area contributed by atoms with Crippen LogP contribution < -0.4 is 10.1 Å². The van der Waals surface area contributed by atoms with E-state index in [0.717, 1.165) is 16.0 Å². The minimum absolute atomic E-state index is 0.00972. The molecule has 0 aliphatic carbocycles. The van der Waals surface area contributed by atoms with Crippen molar-refractivity contribution in [1.29, 1.82) is 0 Å². The summed E-state index contributed by atoms with van der Waals surface area (Å²) in [6, 6.07) is 10.6. The first-order chi connectivity index (χ1) is 16.7. The Bertz CT molecular complexity index is 1370. The van der Waals surface area contributed by atoms with E-state index in [2.05, 4.69) is 5.32 Å². The second-order valence-corrected chi connectivity index (χ2v) is 12.9. The van der Waals surface area contributed by atoms with Crippen LogP contribution in [0.15, 0.2) is 58.8 Å². The fourth-order valence-electron chi connectivity index (χ4n) is 3.84. The third kappa shape index (κ3) is 6.64. The van der Waals surface area contributed by atoms with Gasteiger partial charge in [0.25, 0.3) is 5.91 Å². The van der Waals surface area contributed by atoms with E-state index in [-0.39, 0.29) is 30.8 Å². The molecule has 1 saturated heterocycles. The smallest absolute Gasteiger partial charge is 0.258 e. The molecule has 36 heavy (non-hydrogen) atoms. The van der Waals surface area contributed by atoms with E-state index in [4.69, 9.17) is 16.3 Å². The minimum Gasteiger partial charge on any atom is -0.497 e. The first kappa shape index (κ1) is 28.1. The van der Waals surface area contributed by atoms with Crippen LogP contribution >= 0.6 is 11.6 Å². The van der Waals surface area contributed by atoms with E-state index < -0.39 is 37.5 Å². The van der Waals surface area contributed by atoms with Crippen LogP contribution in [0.25, 0.3) is 11.1 Å². The lowest BCUT2D eigenvalue weighted by molar-refractivity contribution is -0.135. The number of piperidine rings is 1. The maximum Gasteiger partial charge on any atom is 0.258 e. The molecule has 0 radical (unpaired) electrons. The van der Waals surface area contributed by atoms with Crippen LogP contribution in [-0.2, 0) is 24.7 Å². The molecular formula is C24H28ClFN2O6S2. The number of carbonyl (C=O) groups is 1. The Labute approximate surface area is 216 Å². The first-order valence-corrected chi connectivity index (χ1v) is 14.8. The second kappa shape index (κ2) is 10.9. The summed E-state index contributed by atoms with van der Waals surface area (Å²) < 4.78 is 71.4. The van der Waals surface area contributed by atoms with Gasteiger partial charge >= 0.3 is 0 Å². The van der Waals surface area contributed by atoms with Crippen molar-refractivity contribution in [2.24, 2.45) is 0 Å². The average molecular weight is 559 g/mol. The Hall–Kier alpha value is -2.47. The van der Waals surface area contributed by atoms with Crippen LogP contribution in [0.5, 0.6) is 5.75 Å². The molecule has 2 aromatic rings. The standard InChI is InChI=1S/C24H28ClFN2O6S2/c1-17(9-14-35(3,30)31)27-23(29)24(26)10-12-28(13-11-24)36(32,33)22-8-7-19(25)16-21(22)18-5-4-6-20(15-18)34-2/h4-9,14-17H,10-13H2,1-3H3,(H,27,29). The number of nitrogens with one attached hydrogen (secondary N) is 1. The summed E-state index contributed by atoms with van der Waals surface area (Å²) in [5, 5.41) is 3.72. The number of halogens is 2. The number of rotatable bonds is 8. The highest BCUT2D eigenvalue weighted by Crippen LogP contribution is 2.36. The Balaban J connectivity index is 1.80. The van der Waals surface area contributed by atoms with Gasteiger partial charge in [-0.2, -0.15) is 4.31 Å². The van der Waals surface area contributed by atoms with E-state index in [1.807, 2.05) is 0 Å². The van der Waals surface area contributed by atoms with Gasteiger partial charge in [-0.1, -0.05) is 29.8 Å². The third-order valence-corrected chi connectivity index (χ3v) is 8.68. The Morgan fingerprint density at radius 2 is 1.83 bits per heavy atom. The second-order valence-electron chi connectivity index (χ2n) is 8.66. The molecule has 1 unspecified atom stereocenters. The molecule has 196 valence electrons. The summed E-state index contributed by atoms with van der Waals surface area (Å²) in [6.07, 6.45) is 1.56. The number of carbonyl (C=O) groups excluding carboxylic acids is 1.